The number of carbonyl (C=O) groups is 2. The predicted molar refractivity (Wildman–Crippen MR) is 93.9 cm³/mol. The molecule has 120 valence electrons. The first-order chi connectivity index (χ1) is 11.0. The molecule has 0 aromatic heterocycles. The van der Waals surface area contributed by atoms with Crippen molar-refractivity contribution in [3.63, 3.8) is 0 Å². The monoisotopic (exact) mass is 330 g/mol. The highest BCUT2D eigenvalue weighted by atomic mass is 35.5. The molecule has 5 heteroatoms. The fourth-order valence-corrected chi connectivity index (χ4v) is 2.40. The van der Waals surface area contributed by atoms with Crippen LogP contribution < -0.4 is 10.2 Å². The smallest absolute Gasteiger partial charge is 0.236 e. The molecule has 2 aromatic carbocycles. The number of hydrogen-bond donors (Lipinski definition) is 1. The molecule has 23 heavy (non-hydrogen) atoms. The van der Waals surface area contributed by atoms with E-state index in [0.717, 1.165) is 11.3 Å². The number of halogens is 1. The van der Waals surface area contributed by atoms with E-state index >= 15 is 0 Å². The maximum atomic E-state index is 12.4. The summed E-state index contributed by atoms with van der Waals surface area (Å²) in [5, 5.41) is 3.29. The third kappa shape index (κ3) is 4.83. The van der Waals surface area contributed by atoms with Crippen molar-refractivity contribution in [1.82, 2.24) is 0 Å². The molecular formula is C18H19ClN2O2. The molecule has 0 aliphatic carbocycles. The van der Waals surface area contributed by atoms with Gasteiger partial charge in [-0.2, -0.15) is 0 Å². The lowest BCUT2D eigenvalue weighted by atomic mass is 10.2. The van der Waals surface area contributed by atoms with E-state index in [1.165, 1.54) is 0 Å². The standard InChI is InChI=1S/C18H19ClN2O2/c1-3-21(16-6-4-5-13(2)11-16)18(23)12-17(22)20-15-9-7-14(19)8-10-15/h4-11H,3,12H2,1-2H3,(H,20,22). The molecule has 1 N–H and O–H groups in total. The summed E-state index contributed by atoms with van der Waals surface area (Å²) in [6, 6.07) is 14.4. The van der Waals surface area contributed by atoms with E-state index in [4.69, 9.17) is 11.6 Å². The quantitative estimate of drug-likeness (QED) is 0.841. The normalized spacial score (nSPS) is 10.2. The fourth-order valence-electron chi connectivity index (χ4n) is 2.27. The zero-order valence-electron chi connectivity index (χ0n) is 13.2. The lowest BCUT2D eigenvalue weighted by Gasteiger charge is -2.21. The molecular weight excluding hydrogens is 312 g/mol. The van der Waals surface area contributed by atoms with Gasteiger partial charge in [-0.3, -0.25) is 9.59 Å². The van der Waals surface area contributed by atoms with Crippen molar-refractivity contribution in [2.45, 2.75) is 20.3 Å². The van der Waals surface area contributed by atoms with Gasteiger partial charge in [0, 0.05) is 22.9 Å². The molecule has 0 aliphatic rings. The second-order valence-corrected chi connectivity index (χ2v) is 5.65. The predicted octanol–water partition coefficient (Wildman–Crippen LogP) is 4.03. The topological polar surface area (TPSA) is 49.4 Å². The molecule has 0 radical (unpaired) electrons. The summed E-state index contributed by atoms with van der Waals surface area (Å²) < 4.78 is 0. The average molecular weight is 331 g/mol. The van der Waals surface area contributed by atoms with Gasteiger partial charge in [0.25, 0.3) is 0 Å². The Kier molecular flexibility index (Phi) is 5.77. The Bertz CT molecular complexity index is 698. The van der Waals surface area contributed by atoms with Gasteiger partial charge < -0.3 is 10.2 Å². The zero-order chi connectivity index (χ0) is 16.8. The maximum absolute atomic E-state index is 12.4. The zero-order valence-corrected chi connectivity index (χ0v) is 13.9. The van der Waals surface area contributed by atoms with Crippen LogP contribution in [-0.2, 0) is 9.59 Å². The van der Waals surface area contributed by atoms with Gasteiger partial charge in [-0.15, -0.1) is 0 Å². The Morgan fingerprint density at radius 2 is 1.83 bits per heavy atom. The molecule has 2 amide bonds. The summed E-state index contributed by atoms with van der Waals surface area (Å²) in [4.78, 5) is 26.0. The van der Waals surface area contributed by atoms with Crippen LogP contribution >= 0.6 is 11.6 Å². The number of carbonyl (C=O) groups excluding carboxylic acids is 2. The van der Waals surface area contributed by atoms with Gasteiger partial charge >= 0.3 is 0 Å². The van der Waals surface area contributed by atoms with E-state index in [0.29, 0.717) is 17.3 Å². The first-order valence-corrected chi connectivity index (χ1v) is 7.80. The van der Waals surface area contributed by atoms with Crippen molar-refractivity contribution >= 4 is 34.8 Å². The van der Waals surface area contributed by atoms with Gasteiger partial charge in [0.15, 0.2) is 0 Å². The van der Waals surface area contributed by atoms with Crippen LogP contribution in [0.5, 0.6) is 0 Å². The highest BCUT2D eigenvalue weighted by Crippen LogP contribution is 2.17. The van der Waals surface area contributed by atoms with Crippen LogP contribution in [0.15, 0.2) is 48.5 Å². The number of nitrogens with one attached hydrogen (secondary N) is 1. The molecule has 2 rings (SSSR count). The van der Waals surface area contributed by atoms with Crippen LogP contribution in [0.3, 0.4) is 0 Å². The van der Waals surface area contributed by atoms with Crippen LogP contribution in [0.2, 0.25) is 5.02 Å². The Balaban J connectivity index is 2.01. The van der Waals surface area contributed by atoms with Gasteiger partial charge in [-0.1, -0.05) is 23.7 Å². The molecule has 0 heterocycles. The van der Waals surface area contributed by atoms with Gasteiger partial charge in [-0.05, 0) is 55.8 Å². The fraction of sp³-hybridized carbons (Fsp3) is 0.222. The van der Waals surface area contributed by atoms with Gasteiger partial charge in [0.05, 0.1) is 0 Å². The average Bonchev–Trinajstić information content (AvgIpc) is 2.50. The Morgan fingerprint density at radius 1 is 1.13 bits per heavy atom. The summed E-state index contributed by atoms with van der Waals surface area (Å²) in [7, 11) is 0. The molecule has 0 saturated heterocycles. The molecule has 0 aliphatic heterocycles. The number of amides is 2. The summed E-state index contributed by atoms with van der Waals surface area (Å²) in [6.07, 6.45) is -0.204. The Morgan fingerprint density at radius 3 is 2.43 bits per heavy atom. The highest BCUT2D eigenvalue weighted by molar-refractivity contribution is 6.30. The van der Waals surface area contributed by atoms with Crippen molar-refractivity contribution in [3.8, 4) is 0 Å². The van der Waals surface area contributed by atoms with E-state index in [1.54, 1.807) is 29.2 Å². The third-order valence-corrected chi connectivity index (χ3v) is 3.62. The lowest BCUT2D eigenvalue weighted by Crippen LogP contribution is -2.33. The minimum Gasteiger partial charge on any atom is -0.326 e. The Hall–Kier alpha value is -2.33. The van der Waals surface area contributed by atoms with Gasteiger partial charge in [0.1, 0.15) is 6.42 Å². The van der Waals surface area contributed by atoms with Crippen molar-refractivity contribution in [2.75, 3.05) is 16.8 Å². The lowest BCUT2D eigenvalue weighted by molar-refractivity contribution is -0.125. The van der Waals surface area contributed by atoms with E-state index in [-0.39, 0.29) is 18.2 Å². The minimum absolute atomic E-state index is 0.204. The van der Waals surface area contributed by atoms with Crippen molar-refractivity contribution in [2.24, 2.45) is 0 Å². The summed E-state index contributed by atoms with van der Waals surface area (Å²) in [5.41, 5.74) is 2.49. The van der Waals surface area contributed by atoms with Crippen LogP contribution in [0, 0.1) is 6.92 Å². The minimum atomic E-state index is -0.344. The number of anilines is 2. The molecule has 0 bridgehead atoms. The summed E-state index contributed by atoms with van der Waals surface area (Å²) in [5.74, 6) is -0.576. The van der Waals surface area contributed by atoms with Crippen LogP contribution in [0.25, 0.3) is 0 Å². The summed E-state index contributed by atoms with van der Waals surface area (Å²) in [6.45, 7) is 4.36. The molecule has 0 unspecified atom stereocenters. The van der Waals surface area contributed by atoms with Crippen LogP contribution in [0.4, 0.5) is 11.4 Å². The van der Waals surface area contributed by atoms with Crippen LogP contribution in [0.1, 0.15) is 18.9 Å². The van der Waals surface area contributed by atoms with E-state index in [2.05, 4.69) is 5.32 Å². The number of benzene rings is 2. The largest absolute Gasteiger partial charge is 0.326 e. The van der Waals surface area contributed by atoms with E-state index in [9.17, 15) is 9.59 Å². The number of nitrogens with zero attached hydrogens (tertiary/aromatic N) is 1. The number of aryl methyl sites for hydroxylation is 1. The molecule has 0 fully saturated rings. The summed E-state index contributed by atoms with van der Waals surface area (Å²) >= 11 is 5.80. The number of rotatable bonds is 5. The first-order valence-electron chi connectivity index (χ1n) is 7.42. The molecule has 4 nitrogen and oxygen atoms in total. The Labute approximate surface area is 141 Å². The van der Waals surface area contributed by atoms with Crippen molar-refractivity contribution in [3.05, 3.63) is 59.1 Å². The molecule has 0 saturated carbocycles. The molecule has 0 spiro atoms. The highest BCUT2D eigenvalue weighted by Gasteiger charge is 2.17. The third-order valence-electron chi connectivity index (χ3n) is 3.37. The second-order valence-electron chi connectivity index (χ2n) is 5.21. The second kappa shape index (κ2) is 7.79. The van der Waals surface area contributed by atoms with Crippen LogP contribution in [-0.4, -0.2) is 18.4 Å². The molecule has 0 atom stereocenters. The molecule has 2 aromatic rings. The van der Waals surface area contributed by atoms with E-state index in [1.807, 2.05) is 38.1 Å². The van der Waals surface area contributed by atoms with Crippen molar-refractivity contribution in [1.29, 1.82) is 0 Å². The maximum Gasteiger partial charge on any atom is 0.236 e. The first kappa shape index (κ1) is 17.0. The van der Waals surface area contributed by atoms with Gasteiger partial charge in [0.2, 0.25) is 11.8 Å². The number of hydrogen-bond acceptors (Lipinski definition) is 2. The van der Waals surface area contributed by atoms with Gasteiger partial charge in [-0.25, -0.2) is 0 Å². The SMILES string of the molecule is CCN(C(=O)CC(=O)Nc1ccc(Cl)cc1)c1cccc(C)c1. The van der Waals surface area contributed by atoms with Crippen molar-refractivity contribution < 1.29 is 9.59 Å². The van der Waals surface area contributed by atoms with E-state index < -0.39 is 0 Å².